The van der Waals surface area contributed by atoms with Gasteiger partial charge in [0.25, 0.3) is 0 Å². The summed E-state index contributed by atoms with van der Waals surface area (Å²) in [6.07, 6.45) is 1.73. The molecule has 1 aromatic carbocycles. The highest BCUT2D eigenvalue weighted by Gasteiger charge is 2.16. The third-order valence-corrected chi connectivity index (χ3v) is 4.07. The minimum absolute atomic E-state index is 0.271. The van der Waals surface area contributed by atoms with Crippen LogP contribution >= 0.6 is 0 Å². The topological polar surface area (TPSA) is 77.0 Å². The Morgan fingerprint density at radius 1 is 1.11 bits per heavy atom. The first-order chi connectivity index (χ1) is 13.5. The largest absolute Gasteiger partial charge is 0.494 e. The Bertz CT molecular complexity index is 761. The van der Waals surface area contributed by atoms with Gasteiger partial charge in [-0.1, -0.05) is 0 Å². The molecule has 1 heterocycles. The van der Waals surface area contributed by atoms with E-state index in [-0.39, 0.29) is 5.60 Å². The number of aliphatic imine (C=N–C) groups is 1. The molecule has 2 N–H and O–H groups in total. The van der Waals surface area contributed by atoms with Crippen LogP contribution in [0.2, 0.25) is 0 Å². The smallest absolute Gasteiger partial charge is 0.219 e. The number of hydrogen-bond donors (Lipinski definition) is 2. The molecule has 0 amide bonds. The maximum atomic E-state index is 5.84. The summed E-state index contributed by atoms with van der Waals surface area (Å²) in [7, 11) is 3.43. The zero-order chi connectivity index (χ0) is 20.4. The van der Waals surface area contributed by atoms with Crippen molar-refractivity contribution in [1.29, 1.82) is 0 Å². The van der Waals surface area contributed by atoms with Crippen LogP contribution in [0, 0.1) is 0 Å². The first kappa shape index (κ1) is 21.5. The molecule has 0 radical (unpaired) electrons. The number of nitrogens with zero attached hydrogens (tertiary/aromatic N) is 2. The third-order valence-electron chi connectivity index (χ3n) is 4.07. The molecule has 0 aliphatic carbocycles. The molecule has 2 rings (SSSR count). The lowest BCUT2D eigenvalue weighted by molar-refractivity contribution is 0.0268. The van der Waals surface area contributed by atoms with E-state index in [0.29, 0.717) is 37.3 Å². The maximum absolute atomic E-state index is 5.84. The fourth-order valence-electron chi connectivity index (χ4n) is 2.28. The van der Waals surface area contributed by atoms with Crippen molar-refractivity contribution in [3.63, 3.8) is 0 Å². The molecule has 0 aliphatic rings. The van der Waals surface area contributed by atoms with Crippen molar-refractivity contribution in [2.24, 2.45) is 4.99 Å². The summed E-state index contributed by atoms with van der Waals surface area (Å²) in [6, 6.07) is 11.3. The van der Waals surface area contributed by atoms with Crippen molar-refractivity contribution in [1.82, 2.24) is 15.6 Å². The van der Waals surface area contributed by atoms with Gasteiger partial charge in [-0.2, -0.15) is 0 Å². The highest BCUT2D eigenvalue weighted by Crippen LogP contribution is 2.23. The average molecular weight is 386 g/mol. The molecular formula is C21H30N4O3. The number of nitrogens with one attached hydrogen (secondary N) is 2. The summed E-state index contributed by atoms with van der Waals surface area (Å²) in [6.45, 7) is 7.86. The Kier molecular flexibility index (Phi) is 8.07. The van der Waals surface area contributed by atoms with Gasteiger partial charge < -0.3 is 24.8 Å². The number of pyridine rings is 1. The summed E-state index contributed by atoms with van der Waals surface area (Å²) in [5.74, 6) is 2.76. The van der Waals surface area contributed by atoms with Crippen LogP contribution < -0.4 is 20.1 Å². The zero-order valence-electron chi connectivity index (χ0n) is 17.3. The minimum atomic E-state index is -0.271. The molecule has 7 nitrogen and oxygen atoms in total. The lowest BCUT2D eigenvalue weighted by Crippen LogP contribution is -2.45. The van der Waals surface area contributed by atoms with Crippen molar-refractivity contribution in [2.45, 2.75) is 32.9 Å². The fourth-order valence-corrected chi connectivity index (χ4v) is 2.28. The first-order valence-corrected chi connectivity index (χ1v) is 9.31. The molecule has 0 bridgehead atoms. The predicted molar refractivity (Wildman–Crippen MR) is 111 cm³/mol. The lowest BCUT2D eigenvalue weighted by atomic mass is 10.1. The van der Waals surface area contributed by atoms with E-state index in [2.05, 4.69) is 20.6 Å². The number of ether oxygens (including phenoxy) is 3. The van der Waals surface area contributed by atoms with Crippen molar-refractivity contribution in [3.05, 3.63) is 48.2 Å². The van der Waals surface area contributed by atoms with Gasteiger partial charge in [-0.15, -0.1) is 0 Å². The molecule has 0 saturated heterocycles. The minimum Gasteiger partial charge on any atom is -0.494 e. The van der Waals surface area contributed by atoms with E-state index in [1.54, 1.807) is 20.4 Å². The molecule has 28 heavy (non-hydrogen) atoms. The maximum Gasteiger partial charge on any atom is 0.219 e. The van der Waals surface area contributed by atoms with Crippen LogP contribution in [0.1, 0.15) is 26.3 Å². The quantitative estimate of drug-likeness (QED) is 0.508. The van der Waals surface area contributed by atoms with Gasteiger partial charge >= 0.3 is 0 Å². The number of methoxy groups -OCH3 is 1. The van der Waals surface area contributed by atoms with Gasteiger partial charge in [-0.05, 0) is 56.7 Å². The highest BCUT2D eigenvalue weighted by molar-refractivity contribution is 5.79. The van der Waals surface area contributed by atoms with Crippen molar-refractivity contribution >= 4 is 5.96 Å². The molecule has 0 saturated carbocycles. The van der Waals surface area contributed by atoms with E-state index in [1.165, 1.54) is 0 Å². The van der Waals surface area contributed by atoms with Crippen molar-refractivity contribution in [2.75, 3.05) is 27.3 Å². The third kappa shape index (κ3) is 7.08. The van der Waals surface area contributed by atoms with E-state index in [0.717, 1.165) is 11.3 Å². The summed E-state index contributed by atoms with van der Waals surface area (Å²) in [4.78, 5) is 8.51. The number of benzene rings is 1. The van der Waals surface area contributed by atoms with Gasteiger partial charge in [-0.3, -0.25) is 4.99 Å². The molecule has 2 aromatic rings. The average Bonchev–Trinajstić information content (AvgIpc) is 2.70. The van der Waals surface area contributed by atoms with E-state index in [4.69, 9.17) is 14.2 Å². The summed E-state index contributed by atoms with van der Waals surface area (Å²) < 4.78 is 16.7. The molecule has 0 unspecified atom stereocenters. The SMILES string of the molecule is CCOc1ccc(Oc2cc(CNC(=NC)NCC(C)(C)OC)ccn2)cc1. The number of aromatic nitrogens is 1. The second kappa shape index (κ2) is 10.5. The molecule has 7 heteroatoms. The number of rotatable bonds is 9. The van der Waals surface area contributed by atoms with Gasteiger partial charge in [0.15, 0.2) is 5.96 Å². The Morgan fingerprint density at radius 2 is 1.82 bits per heavy atom. The Morgan fingerprint density at radius 3 is 2.46 bits per heavy atom. The normalized spacial score (nSPS) is 11.8. The summed E-state index contributed by atoms with van der Waals surface area (Å²) >= 11 is 0. The van der Waals surface area contributed by atoms with Crippen LogP contribution in [-0.2, 0) is 11.3 Å². The van der Waals surface area contributed by atoms with Crippen LogP contribution in [0.15, 0.2) is 47.6 Å². The van der Waals surface area contributed by atoms with Gasteiger partial charge in [0.05, 0.1) is 12.2 Å². The fraction of sp³-hybridized carbons (Fsp3) is 0.429. The van der Waals surface area contributed by atoms with Crippen LogP contribution in [0.25, 0.3) is 0 Å². The van der Waals surface area contributed by atoms with Crippen molar-refractivity contribution in [3.8, 4) is 17.4 Å². The second-order valence-corrected chi connectivity index (χ2v) is 6.75. The first-order valence-electron chi connectivity index (χ1n) is 9.31. The molecular weight excluding hydrogens is 356 g/mol. The Hall–Kier alpha value is -2.80. The van der Waals surface area contributed by atoms with Gasteiger partial charge in [-0.25, -0.2) is 4.98 Å². The molecule has 152 valence electrons. The zero-order valence-corrected chi connectivity index (χ0v) is 17.3. The highest BCUT2D eigenvalue weighted by atomic mass is 16.5. The lowest BCUT2D eigenvalue weighted by Gasteiger charge is -2.24. The summed E-state index contributed by atoms with van der Waals surface area (Å²) in [5, 5.41) is 6.53. The van der Waals surface area contributed by atoms with Crippen LogP contribution in [0.5, 0.6) is 17.4 Å². The van der Waals surface area contributed by atoms with Gasteiger partial charge in [0.2, 0.25) is 5.88 Å². The van der Waals surface area contributed by atoms with Gasteiger partial charge in [0, 0.05) is 39.5 Å². The molecule has 0 atom stereocenters. The number of guanidine groups is 1. The summed E-state index contributed by atoms with van der Waals surface area (Å²) in [5.41, 5.74) is 0.761. The molecule has 0 aliphatic heterocycles. The molecule has 1 aromatic heterocycles. The van der Waals surface area contributed by atoms with Crippen LogP contribution in [0.3, 0.4) is 0 Å². The monoisotopic (exact) mass is 386 g/mol. The van der Waals surface area contributed by atoms with E-state index in [1.807, 2.05) is 57.2 Å². The standard InChI is InChI=1S/C21H30N4O3/c1-6-27-17-7-9-18(10-8-17)28-19-13-16(11-12-23-19)14-24-20(22-4)25-15-21(2,3)26-5/h7-13H,6,14-15H2,1-5H3,(H2,22,24,25). The Balaban J connectivity index is 1.91. The predicted octanol–water partition coefficient (Wildman–Crippen LogP) is 3.36. The van der Waals surface area contributed by atoms with E-state index < -0.39 is 0 Å². The number of hydrogen-bond acceptors (Lipinski definition) is 5. The van der Waals surface area contributed by atoms with Crippen LogP contribution in [-0.4, -0.2) is 43.9 Å². The van der Waals surface area contributed by atoms with Crippen LogP contribution in [0.4, 0.5) is 0 Å². The molecule has 0 spiro atoms. The van der Waals surface area contributed by atoms with Crippen molar-refractivity contribution < 1.29 is 14.2 Å². The van der Waals surface area contributed by atoms with E-state index >= 15 is 0 Å². The van der Waals surface area contributed by atoms with Gasteiger partial charge in [0.1, 0.15) is 11.5 Å². The Labute approximate surface area is 167 Å². The second-order valence-electron chi connectivity index (χ2n) is 6.75. The van der Waals surface area contributed by atoms with E-state index in [9.17, 15) is 0 Å². The molecule has 0 fully saturated rings.